The van der Waals surface area contributed by atoms with Crippen LogP contribution in [-0.2, 0) is 11.2 Å². The molecule has 1 amide bonds. The van der Waals surface area contributed by atoms with E-state index in [1.165, 1.54) is 4.88 Å². The summed E-state index contributed by atoms with van der Waals surface area (Å²) < 4.78 is 0. The maximum absolute atomic E-state index is 12.0. The number of carbonyl (C=O) groups excluding carboxylic acids is 1. The highest BCUT2D eigenvalue weighted by Gasteiger charge is 2.17. The second kappa shape index (κ2) is 6.65. The lowest BCUT2D eigenvalue weighted by Crippen LogP contribution is -2.28. The Labute approximate surface area is 122 Å². The monoisotopic (exact) mass is 292 g/mol. The summed E-state index contributed by atoms with van der Waals surface area (Å²) in [5.41, 5.74) is 2.10. The minimum Gasteiger partial charge on any atom is -0.347 e. The molecule has 0 aliphatic carbocycles. The molecule has 0 bridgehead atoms. The molecule has 2 aromatic heterocycles. The number of hydrogen-bond acceptors (Lipinski definition) is 4. The Kier molecular flexibility index (Phi) is 4.89. The molecule has 2 heterocycles. The molecule has 0 aromatic carbocycles. The Morgan fingerprint density at radius 3 is 2.85 bits per heavy atom. The van der Waals surface area contributed by atoms with E-state index < -0.39 is 0 Å². The molecule has 5 nitrogen and oxygen atoms in total. The second-order valence-electron chi connectivity index (χ2n) is 4.83. The molecule has 6 heteroatoms. The van der Waals surface area contributed by atoms with Gasteiger partial charge in [0.2, 0.25) is 5.91 Å². The van der Waals surface area contributed by atoms with Gasteiger partial charge in [-0.2, -0.15) is 5.10 Å². The molecule has 2 aromatic rings. The van der Waals surface area contributed by atoms with Gasteiger partial charge in [-0.25, -0.2) is 4.98 Å². The summed E-state index contributed by atoms with van der Waals surface area (Å²) in [5.74, 6) is 0.0588. The highest BCUT2D eigenvalue weighted by Crippen LogP contribution is 2.24. The van der Waals surface area contributed by atoms with Gasteiger partial charge in [0.25, 0.3) is 0 Å². The number of aromatic amines is 1. The van der Waals surface area contributed by atoms with E-state index in [-0.39, 0.29) is 11.9 Å². The summed E-state index contributed by atoms with van der Waals surface area (Å²) in [4.78, 5) is 17.8. The number of hydrogen-bond donors (Lipinski definition) is 2. The number of rotatable bonds is 6. The van der Waals surface area contributed by atoms with Crippen LogP contribution >= 0.6 is 11.3 Å². The third-order valence-corrected chi connectivity index (χ3v) is 4.47. The Bertz CT molecular complexity index is 542. The van der Waals surface area contributed by atoms with E-state index in [0.29, 0.717) is 12.8 Å². The van der Waals surface area contributed by atoms with E-state index in [2.05, 4.69) is 34.3 Å². The number of amides is 1. The molecule has 0 saturated heterocycles. The molecule has 0 saturated carbocycles. The molecule has 0 radical (unpaired) electrons. The Balaban J connectivity index is 1.90. The number of aryl methyl sites for hydroxylation is 3. The van der Waals surface area contributed by atoms with Crippen molar-refractivity contribution in [2.24, 2.45) is 0 Å². The van der Waals surface area contributed by atoms with Gasteiger partial charge >= 0.3 is 0 Å². The molecule has 20 heavy (non-hydrogen) atoms. The van der Waals surface area contributed by atoms with Gasteiger partial charge in [0, 0.05) is 17.5 Å². The zero-order valence-electron chi connectivity index (χ0n) is 12.1. The summed E-state index contributed by atoms with van der Waals surface area (Å²) in [7, 11) is 0. The molecular weight excluding hydrogens is 272 g/mol. The summed E-state index contributed by atoms with van der Waals surface area (Å²) in [6.45, 7) is 6.12. The SMILES string of the molecule is CCC(NC(=O)CCc1cn[nH]c1)c1nc(C)c(C)s1. The van der Waals surface area contributed by atoms with Crippen molar-refractivity contribution >= 4 is 17.2 Å². The summed E-state index contributed by atoms with van der Waals surface area (Å²) >= 11 is 1.66. The van der Waals surface area contributed by atoms with Crippen LogP contribution in [0.15, 0.2) is 12.4 Å². The van der Waals surface area contributed by atoms with Crippen LogP contribution < -0.4 is 5.32 Å². The molecule has 2 rings (SSSR count). The molecule has 2 N–H and O–H groups in total. The molecule has 0 aliphatic rings. The first-order chi connectivity index (χ1) is 9.60. The third-order valence-electron chi connectivity index (χ3n) is 3.28. The average Bonchev–Trinajstić information content (AvgIpc) is 3.04. The zero-order valence-corrected chi connectivity index (χ0v) is 12.9. The minimum atomic E-state index is 0.0178. The van der Waals surface area contributed by atoms with Gasteiger partial charge in [-0.15, -0.1) is 11.3 Å². The van der Waals surface area contributed by atoms with Gasteiger partial charge in [-0.05, 0) is 32.3 Å². The summed E-state index contributed by atoms with van der Waals surface area (Å²) in [6.07, 6.45) is 5.59. The van der Waals surface area contributed by atoms with Gasteiger partial charge < -0.3 is 5.32 Å². The number of H-pyrrole nitrogens is 1. The zero-order chi connectivity index (χ0) is 14.5. The lowest BCUT2D eigenvalue weighted by atomic mass is 10.1. The van der Waals surface area contributed by atoms with Crippen LogP contribution in [0.5, 0.6) is 0 Å². The van der Waals surface area contributed by atoms with Crippen LogP contribution in [0.1, 0.15) is 46.9 Å². The van der Waals surface area contributed by atoms with Gasteiger partial charge in [-0.3, -0.25) is 9.89 Å². The first-order valence-corrected chi connectivity index (χ1v) is 7.62. The second-order valence-corrected chi connectivity index (χ2v) is 6.06. The maximum Gasteiger partial charge on any atom is 0.220 e. The predicted molar refractivity (Wildman–Crippen MR) is 79.7 cm³/mol. The molecule has 1 atom stereocenters. The van der Waals surface area contributed by atoms with Crippen molar-refractivity contribution in [2.45, 2.75) is 46.1 Å². The standard InChI is InChI=1S/C14H20N4OS/c1-4-12(14-17-9(2)10(3)20-14)18-13(19)6-5-11-7-15-16-8-11/h7-8,12H,4-6H2,1-3H3,(H,15,16)(H,18,19). The lowest BCUT2D eigenvalue weighted by Gasteiger charge is -2.14. The maximum atomic E-state index is 12.0. The van der Waals surface area contributed by atoms with Crippen LogP contribution in [0.25, 0.3) is 0 Å². The summed E-state index contributed by atoms with van der Waals surface area (Å²) in [6, 6.07) is 0.0178. The van der Waals surface area contributed by atoms with E-state index >= 15 is 0 Å². The molecule has 0 fully saturated rings. The van der Waals surface area contributed by atoms with E-state index in [4.69, 9.17) is 0 Å². The molecule has 0 aliphatic heterocycles. The molecule has 1 unspecified atom stereocenters. The van der Waals surface area contributed by atoms with Crippen molar-refractivity contribution in [3.05, 3.63) is 33.5 Å². The number of nitrogens with zero attached hydrogens (tertiary/aromatic N) is 2. The average molecular weight is 292 g/mol. The van der Waals surface area contributed by atoms with Crippen molar-refractivity contribution in [2.75, 3.05) is 0 Å². The molecular formula is C14H20N4OS. The molecule has 108 valence electrons. The van der Waals surface area contributed by atoms with Crippen molar-refractivity contribution in [1.29, 1.82) is 0 Å². The van der Waals surface area contributed by atoms with Gasteiger partial charge in [0.1, 0.15) is 5.01 Å². The fourth-order valence-corrected chi connectivity index (χ4v) is 2.98. The van der Waals surface area contributed by atoms with E-state index in [0.717, 1.165) is 22.7 Å². The smallest absolute Gasteiger partial charge is 0.220 e. The van der Waals surface area contributed by atoms with Crippen LogP contribution in [0.4, 0.5) is 0 Å². The van der Waals surface area contributed by atoms with Crippen molar-refractivity contribution < 1.29 is 4.79 Å². The fraction of sp³-hybridized carbons (Fsp3) is 0.500. The van der Waals surface area contributed by atoms with E-state index in [1.807, 2.05) is 13.1 Å². The minimum absolute atomic E-state index is 0.0178. The van der Waals surface area contributed by atoms with Crippen LogP contribution in [-0.4, -0.2) is 21.1 Å². The summed E-state index contributed by atoms with van der Waals surface area (Å²) in [5, 5.41) is 10.7. The highest BCUT2D eigenvalue weighted by atomic mass is 32.1. The van der Waals surface area contributed by atoms with Gasteiger partial charge in [0.15, 0.2) is 0 Å². The van der Waals surface area contributed by atoms with Crippen molar-refractivity contribution in [3.63, 3.8) is 0 Å². The van der Waals surface area contributed by atoms with Crippen molar-refractivity contribution in [3.8, 4) is 0 Å². The highest BCUT2D eigenvalue weighted by molar-refractivity contribution is 7.11. The van der Waals surface area contributed by atoms with E-state index in [9.17, 15) is 4.79 Å². The number of nitrogens with one attached hydrogen (secondary N) is 2. The van der Waals surface area contributed by atoms with Crippen LogP contribution in [0.2, 0.25) is 0 Å². The predicted octanol–water partition coefficient (Wildman–Crippen LogP) is 2.68. The Hall–Kier alpha value is -1.69. The Morgan fingerprint density at radius 1 is 1.50 bits per heavy atom. The number of carbonyl (C=O) groups is 1. The number of aromatic nitrogens is 3. The first kappa shape index (κ1) is 14.7. The van der Waals surface area contributed by atoms with Crippen LogP contribution in [0, 0.1) is 13.8 Å². The normalized spacial score (nSPS) is 12.3. The topological polar surface area (TPSA) is 70.7 Å². The number of thiazole rings is 1. The fourth-order valence-electron chi connectivity index (χ4n) is 1.92. The van der Waals surface area contributed by atoms with Crippen molar-refractivity contribution in [1.82, 2.24) is 20.5 Å². The largest absolute Gasteiger partial charge is 0.347 e. The molecule has 0 spiro atoms. The van der Waals surface area contributed by atoms with Crippen LogP contribution in [0.3, 0.4) is 0 Å². The quantitative estimate of drug-likeness (QED) is 0.860. The first-order valence-electron chi connectivity index (χ1n) is 6.81. The third kappa shape index (κ3) is 3.66. The Morgan fingerprint density at radius 2 is 2.30 bits per heavy atom. The van der Waals surface area contributed by atoms with E-state index in [1.54, 1.807) is 17.5 Å². The van der Waals surface area contributed by atoms with Gasteiger partial charge in [-0.1, -0.05) is 6.92 Å². The lowest BCUT2D eigenvalue weighted by molar-refractivity contribution is -0.121. The van der Waals surface area contributed by atoms with Gasteiger partial charge in [0.05, 0.1) is 17.9 Å².